The van der Waals surface area contributed by atoms with Crippen LogP contribution in [0.5, 0.6) is 0 Å². The molecule has 2 heterocycles. The average molecular weight is 261 g/mol. The van der Waals surface area contributed by atoms with Crippen molar-refractivity contribution in [1.82, 2.24) is 19.7 Å². The van der Waals surface area contributed by atoms with Crippen LogP contribution in [0.15, 0.2) is 12.3 Å². The van der Waals surface area contributed by atoms with Crippen molar-refractivity contribution in [2.24, 2.45) is 0 Å². The first-order valence-corrected chi connectivity index (χ1v) is 5.83. The van der Waals surface area contributed by atoms with Crippen molar-refractivity contribution in [2.45, 2.75) is 26.7 Å². The molecule has 0 radical (unpaired) electrons. The van der Waals surface area contributed by atoms with E-state index in [4.69, 9.17) is 10.8 Å². The monoisotopic (exact) mass is 261 g/mol. The van der Waals surface area contributed by atoms with Crippen LogP contribution in [0.4, 0.5) is 5.69 Å². The minimum Gasteiger partial charge on any atom is -0.476 e. The van der Waals surface area contributed by atoms with E-state index in [0.717, 1.165) is 5.69 Å². The number of hydrogen-bond acceptors (Lipinski definition) is 5. The summed E-state index contributed by atoms with van der Waals surface area (Å²) in [5.41, 5.74) is 6.33. The van der Waals surface area contributed by atoms with Gasteiger partial charge in [-0.2, -0.15) is 5.10 Å². The second-order valence-electron chi connectivity index (χ2n) is 4.56. The van der Waals surface area contributed by atoms with Crippen molar-refractivity contribution < 1.29 is 9.90 Å². The molecule has 0 atom stereocenters. The number of carboxylic acid groups (broad SMARTS) is 1. The van der Waals surface area contributed by atoms with Gasteiger partial charge >= 0.3 is 5.97 Å². The van der Waals surface area contributed by atoms with Crippen LogP contribution in [0.3, 0.4) is 0 Å². The zero-order chi connectivity index (χ0) is 14.2. The molecule has 0 bridgehead atoms. The minimum atomic E-state index is -1.16. The van der Waals surface area contributed by atoms with Crippen molar-refractivity contribution >= 4 is 11.7 Å². The Hall–Kier alpha value is -2.44. The van der Waals surface area contributed by atoms with Crippen molar-refractivity contribution in [1.29, 1.82) is 0 Å². The molecular weight excluding hydrogens is 246 g/mol. The van der Waals surface area contributed by atoms with E-state index < -0.39 is 5.97 Å². The van der Waals surface area contributed by atoms with Crippen molar-refractivity contribution in [3.63, 3.8) is 0 Å². The van der Waals surface area contributed by atoms with Crippen LogP contribution in [0.2, 0.25) is 0 Å². The third kappa shape index (κ3) is 2.54. The molecule has 0 saturated heterocycles. The second kappa shape index (κ2) is 4.68. The number of aromatic carboxylic acids is 1. The Morgan fingerprint density at radius 3 is 2.63 bits per heavy atom. The minimum absolute atomic E-state index is 0.106. The summed E-state index contributed by atoms with van der Waals surface area (Å²) in [7, 11) is 0. The first-order valence-electron chi connectivity index (χ1n) is 5.83. The van der Waals surface area contributed by atoms with E-state index in [2.05, 4.69) is 15.1 Å². The van der Waals surface area contributed by atoms with Crippen LogP contribution in [0, 0.1) is 6.92 Å². The smallest absolute Gasteiger partial charge is 0.358 e. The summed E-state index contributed by atoms with van der Waals surface area (Å²) in [6.07, 6.45) is 1.44. The van der Waals surface area contributed by atoms with Gasteiger partial charge in [-0.15, -0.1) is 0 Å². The van der Waals surface area contributed by atoms with Crippen LogP contribution >= 0.6 is 0 Å². The highest BCUT2D eigenvalue weighted by molar-refractivity contribution is 5.91. The van der Waals surface area contributed by atoms with Crippen molar-refractivity contribution in [3.05, 3.63) is 29.5 Å². The summed E-state index contributed by atoms with van der Waals surface area (Å²) >= 11 is 0. The first kappa shape index (κ1) is 13.0. The lowest BCUT2D eigenvalue weighted by atomic mass is 10.2. The number of nitrogens with zero attached hydrogens (tertiary/aromatic N) is 4. The van der Waals surface area contributed by atoms with Gasteiger partial charge < -0.3 is 10.8 Å². The highest BCUT2D eigenvalue weighted by Gasteiger charge is 2.15. The molecule has 7 heteroatoms. The molecule has 2 aromatic rings. The van der Waals surface area contributed by atoms with Gasteiger partial charge in [0.15, 0.2) is 11.5 Å². The standard InChI is InChI=1S/C12H15N5O2/c1-6(2)11-14-7(3)4-9(15-11)17-5-8(13)10(16-17)12(18)19/h4-6H,13H2,1-3H3,(H,18,19). The SMILES string of the molecule is Cc1cc(-n2cc(N)c(C(=O)O)n2)nc(C(C)C)n1. The molecule has 0 aliphatic heterocycles. The number of aromatic nitrogens is 4. The Labute approximate surface area is 110 Å². The Bertz CT molecular complexity index is 633. The highest BCUT2D eigenvalue weighted by Crippen LogP contribution is 2.16. The number of anilines is 1. The molecule has 0 amide bonds. The predicted molar refractivity (Wildman–Crippen MR) is 69.4 cm³/mol. The molecule has 0 fully saturated rings. The van der Waals surface area contributed by atoms with E-state index in [0.29, 0.717) is 11.6 Å². The van der Waals surface area contributed by atoms with E-state index in [1.165, 1.54) is 10.9 Å². The van der Waals surface area contributed by atoms with Crippen molar-refractivity contribution in [3.8, 4) is 5.82 Å². The molecule has 0 spiro atoms. The molecule has 100 valence electrons. The number of nitrogen functional groups attached to an aromatic ring is 1. The van der Waals surface area contributed by atoms with Crippen LogP contribution in [0.1, 0.15) is 41.8 Å². The molecule has 0 aliphatic rings. The molecule has 0 saturated carbocycles. The van der Waals surface area contributed by atoms with E-state index in [1.807, 2.05) is 20.8 Å². The van der Waals surface area contributed by atoms with Crippen LogP contribution in [-0.4, -0.2) is 30.8 Å². The number of aryl methyl sites for hydroxylation is 1. The van der Waals surface area contributed by atoms with Gasteiger partial charge in [-0.05, 0) is 6.92 Å². The molecule has 0 aromatic carbocycles. The molecule has 0 aliphatic carbocycles. The van der Waals surface area contributed by atoms with Gasteiger partial charge in [0.1, 0.15) is 5.82 Å². The van der Waals surface area contributed by atoms with Gasteiger partial charge in [0, 0.05) is 17.7 Å². The molecular formula is C12H15N5O2. The molecule has 0 unspecified atom stereocenters. The zero-order valence-electron chi connectivity index (χ0n) is 11.0. The molecule has 7 nitrogen and oxygen atoms in total. The van der Waals surface area contributed by atoms with Crippen molar-refractivity contribution in [2.75, 3.05) is 5.73 Å². The van der Waals surface area contributed by atoms with Gasteiger partial charge in [-0.25, -0.2) is 19.4 Å². The Kier molecular flexibility index (Phi) is 3.20. The fourth-order valence-corrected chi connectivity index (χ4v) is 1.62. The lowest BCUT2D eigenvalue weighted by Gasteiger charge is -2.07. The highest BCUT2D eigenvalue weighted by atomic mass is 16.4. The van der Waals surface area contributed by atoms with E-state index in [9.17, 15) is 4.79 Å². The molecule has 19 heavy (non-hydrogen) atoms. The summed E-state index contributed by atoms with van der Waals surface area (Å²) < 4.78 is 1.36. The summed E-state index contributed by atoms with van der Waals surface area (Å²) in [6, 6.07) is 1.73. The van der Waals surface area contributed by atoms with Gasteiger partial charge in [0.05, 0.1) is 11.9 Å². The van der Waals surface area contributed by atoms with E-state index in [1.54, 1.807) is 6.07 Å². The molecule has 2 rings (SSSR count). The quantitative estimate of drug-likeness (QED) is 0.864. The Morgan fingerprint density at radius 2 is 2.11 bits per heavy atom. The van der Waals surface area contributed by atoms with E-state index in [-0.39, 0.29) is 17.3 Å². The maximum Gasteiger partial charge on any atom is 0.358 e. The largest absolute Gasteiger partial charge is 0.476 e. The molecule has 2 aromatic heterocycles. The zero-order valence-corrected chi connectivity index (χ0v) is 11.0. The number of rotatable bonds is 3. The normalized spacial score (nSPS) is 10.9. The Morgan fingerprint density at radius 1 is 1.42 bits per heavy atom. The molecule has 3 N–H and O–H groups in total. The lowest BCUT2D eigenvalue weighted by Crippen LogP contribution is -2.07. The van der Waals surface area contributed by atoms with Crippen LogP contribution in [-0.2, 0) is 0 Å². The maximum atomic E-state index is 10.9. The van der Waals surface area contributed by atoms with Gasteiger partial charge in [0.2, 0.25) is 0 Å². The van der Waals surface area contributed by atoms with Gasteiger partial charge in [-0.1, -0.05) is 13.8 Å². The Balaban J connectivity index is 2.52. The summed E-state index contributed by atoms with van der Waals surface area (Å²) in [5.74, 6) is 0.202. The second-order valence-corrected chi connectivity index (χ2v) is 4.56. The first-order chi connectivity index (χ1) is 8.88. The predicted octanol–water partition coefficient (Wildman–Crippen LogP) is 1.37. The maximum absolute atomic E-state index is 10.9. The fourth-order valence-electron chi connectivity index (χ4n) is 1.62. The average Bonchev–Trinajstić information content (AvgIpc) is 2.70. The summed E-state index contributed by atoms with van der Waals surface area (Å²) in [4.78, 5) is 19.6. The van der Waals surface area contributed by atoms with E-state index >= 15 is 0 Å². The fraction of sp³-hybridized carbons (Fsp3) is 0.333. The number of carbonyl (C=O) groups is 1. The third-order valence-corrected chi connectivity index (χ3v) is 2.55. The van der Waals surface area contributed by atoms with Gasteiger partial charge in [-0.3, -0.25) is 0 Å². The topological polar surface area (TPSA) is 107 Å². The van der Waals surface area contributed by atoms with Crippen LogP contribution < -0.4 is 5.73 Å². The summed E-state index contributed by atoms with van der Waals surface area (Å²) in [5, 5.41) is 12.9. The van der Waals surface area contributed by atoms with Gasteiger partial charge in [0.25, 0.3) is 0 Å². The third-order valence-electron chi connectivity index (χ3n) is 2.55. The van der Waals surface area contributed by atoms with Crippen LogP contribution in [0.25, 0.3) is 5.82 Å². The number of carboxylic acids is 1. The number of hydrogen-bond donors (Lipinski definition) is 2. The number of nitrogens with two attached hydrogens (primary N) is 1. The summed E-state index contributed by atoms with van der Waals surface area (Å²) in [6.45, 7) is 5.82. The lowest BCUT2D eigenvalue weighted by molar-refractivity contribution is 0.0691.